The van der Waals surface area contributed by atoms with Gasteiger partial charge in [0.2, 0.25) is 0 Å². The Morgan fingerprint density at radius 3 is 2.52 bits per heavy atom. The zero-order valence-corrected chi connectivity index (χ0v) is 12.9. The number of benzene rings is 2. The zero-order valence-electron chi connectivity index (χ0n) is 11.4. The number of ether oxygens (including phenoxy) is 2. The number of Topliss-reactive ketones (excluding diaryl/α,β-unsaturated/α-hetero) is 1. The van der Waals surface area contributed by atoms with Gasteiger partial charge in [-0.25, -0.2) is 0 Å². The number of hydrogen-bond donors (Lipinski definition) is 0. The lowest BCUT2D eigenvalue weighted by atomic mass is 10.1. The molecular weight excluding hydrogens is 311 g/mol. The molecule has 0 saturated carbocycles. The van der Waals surface area contributed by atoms with Crippen LogP contribution in [0.1, 0.15) is 15.9 Å². The first kappa shape index (κ1) is 15.8. The summed E-state index contributed by atoms with van der Waals surface area (Å²) >= 11 is 12.0. The summed E-state index contributed by atoms with van der Waals surface area (Å²) in [6.45, 7) is 0.253. The molecule has 0 amide bonds. The van der Waals surface area contributed by atoms with E-state index in [0.29, 0.717) is 21.4 Å². The number of carbonyl (C=O) groups is 1. The molecule has 0 aliphatic rings. The maximum atomic E-state index is 12.0. The summed E-state index contributed by atoms with van der Waals surface area (Å²) in [6.07, 6.45) is 0. The van der Waals surface area contributed by atoms with Gasteiger partial charge in [-0.15, -0.1) is 0 Å². The van der Waals surface area contributed by atoms with Crippen LogP contribution in [0.4, 0.5) is 0 Å². The second kappa shape index (κ2) is 7.46. The molecule has 0 atom stereocenters. The van der Waals surface area contributed by atoms with Gasteiger partial charge in [0, 0.05) is 10.6 Å². The highest BCUT2D eigenvalue weighted by Gasteiger charge is 2.10. The number of ketones is 1. The van der Waals surface area contributed by atoms with Gasteiger partial charge in [-0.3, -0.25) is 4.79 Å². The lowest BCUT2D eigenvalue weighted by molar-refractivity contribution is 0.0726. The Morgan fingerprint density at radius 1 is 1.10 bits per heavy atom. The third kappa shape index (κ3) is 4.21. The van der Waals surface area contributed by atoms with Crippen LogP contribution in [0.2, 0.25) is 10.0 Å². The first-order valence-corrected chi connectivity index (χ1v) is 7.05. The zero-order chi connectivity index (χ0) is 15.2. The molecular formula is C16H14Cl2O3. The summed E-state index contributed by atoms with van der Waals surface area (Å²) in [6, 6.07) is 12.2. The van der Waals surface area contributed by atoms with Crippen molar-refractivity contribution in [1.29, 1.82) is 0 Å². The van der Waals surface area contributed by atoms with E-state index in [9.17, 15) is 4.79 Å². The van der Waals surface area contributed by atoms with Gasteiger partial charge >= 0.3 is 0 Å². The van der Waals surface area contributed by atoms with E-state index < -0.39 is 0 Å². The highest BCUT2D eigenvalue weighted by atomic mass is 35.5. The van der Waals surface area contributed by atoms with Crippen molar-refractivity contribution in [2.45, 2.75) is 6.61 Å². The monoisotopic (exact) mass is 324 g/mol. The number of rotatable bonds is 6. The number of methoxy groups -OCH3 is 1. The standard InChI is InChI=1S/C16H14Cl2O3/c1-20-16-7-6-11(8-14(16)18)15(19)10-21-9-12-4-2-3-5-13(12)17/h2-8H,9-10H2,1H3. The molecule has 0 fully saturated rings. The van der Waals surface area contributed by atoms with Crippen LogP contribution in [0.3, 0.4) is 0 Å². The molecule has 0 spiro atoms. The van der Waals surface area contributed by atoms with Gasteiger partial charge in [0.1, 0.15) is 12.4 Å². The predicted molar refractivity (Wildman–Crippen MR) is 83.4 cm³/mol. The highest BCUT2D eigenvalue weighted by molar-refractivity contribution is 6.32. The number of carbonyl (C=O) groups excluding carboxylic acids is 1. The maximum absolute atomic E-state index is 12.0. The second-order valence-corrected chi connectivity index (χ2v) is 5.17. The lowest BCUT2D eigenvalue weighted by Gasteiger charge is -2.07. The summed E-state index contributed by atoms with van der Waals surface area (Å²) in [4.78, 5) is 12.0. The van der Waals surface area contributed by atoms with Crippen LogP contribution in [0.15, 0.2) is 42.5 Å². The SMILES string of the molecule is COc1ccc(C(=O)COCc2ccccc2Cl)cc1Cl. The molecule has 0 bridgehead atoms. The first-order chi connectivity index (χ1) is 10.1. The van der Waals surface area contributed by atoms with Crippen LogP contribution >= 0.6 is 23.2 Å². The van der Waals surface area contributed by atoms with E-state index in [2.05, 4.69) is 0 Å². The van der Waals surface area contributed by atoms with E-state index in [0.717, 1.165) is 5.56 Å². The van der Waals surface area contributed by atoms with Gasteiger partial charge in [0.05, 0.1) is 18.7 Å². The van der Waals surface area contributed by atoms with E-state index >= 15 is 0 Å². The molecule has 110 valence electrons. The van der Waals surface area contributed by atoms with Crippen molar-refractivity contribution < 1.29 is 14.3 Å². The van der Waals surface area contributed by atoms with Crippen molar-refractivity contribution in [3.05, 3.63) is 63.6 Å². The second-order valence-electron chi connectivity index (χ2n) is 4.36. The number of hydrogen-bond acceptors (Lipinski definition) is 3. The van der Waals surface area contributed by atoms with Crippen molar-refractivity contribution in [1.82, 2.24) is 0 Å². The molecule has 0 saturated heterocycles. The molecule has 0 radical (unpaired) electrons. The van der Waals surface area contributed by atoms with Crippen LogP contribution in [0, 0.1) is 0 Å². The van der Waals surface area contributed by atoms with Gasteiger partial charge < -0.3 is 9.47 Å². The van der Waals surface area contributed by atoms with Crippen LogP contribution < -0.4 is 4.74 Å². The van der Waals surface area contributed by atoms with Crippen LogP contribution in [0.5, 0.6) is 5.75 Å². The normalized spacial score (nSPS) is 10.4. The topological polar surface area (TPSA) is 35.5 Å². The summed E-state index contributed by atoms with van der Waals surface area (Å²) in [5.74, 6) is 0.386. The molecule has 0 aliphatic heterocycles. The van der Waals surface area contributed by atoms with Crippen molar-refractivity contribution >= 4 is 29.0 Å². The molecule has 2 aromatic rings. The summed E-state index contributed by atoms with van der Waals surface area (Å²) in [5, 5.41) is 1.02. The minimum atomic E-state index is -0.147. The fourth-order valence-corrected chi connectivity index (χ4v) is 2.24. The van der Waals surface area contributed by atoms with E-state index in [-0.39, 0.29) is 19.0 Å². The number of halogens is 2. The third-order valence-electron chi connectivity index (χ3n) is 2.92. The van der Waals surface area contributed by atoms with Crippen molar-refractivity contribution in [2.75, 3.05) is 13.7 Å². The fraction of sp³-hybridized carbons (Fsp3) is 0.188. The predicted octanol–water partition coefficient (Wildman–Crippen LogP) is 4.40. The van der Waals surface area contributed by atoms with Crippen LogP contribution in [-0.2, 0) is 11.3 Å². The molecule has 0 aliphatic carbocycles. The Balaban J connectivity index is 1.93. The Labute approximate surface area is 133 Å². The maximum Gasteiger partial charge on any atom is 0.188 e. The Hall–Kier alpha value is -1.55. The molecule has 2 rings (SSSR count). The van der Waals surface area contributed by atoms with E-state index in [4.69, 9.17) is 32.7 Å². The molecule has 2 aromatic carbocycles. The largest absolute Gasteiger partial charge is 0.495 e. The van der Waals surface area contributed by atoms with Crippen molar-refractivity contribution in [3.63, 3.8) is 0 Å². The minimum absolute atomic E-state index is 0.0338. The first-order valence-electron chi connectivity index (χ1n) is 6.29. The molecule has 0 heterocycles. The van der Waals surface area contributed by atoms with Crippen molar-refractivity contribution in [3.8, 4) is 5.75 Å². The Morgan fingerprint density at radius 2 is 1.86 bits per heavy atom. The molecule has 0 N–H and O–H groups in total. The lowest BCUT2D eigenvalue weighted by Crippen LogP contribution is -2.09. The Bertz CT molecular complexity index is 641. The van der Waals surface area contributed by atoms with E-state index in [1.807, 2.05) is 18.2 Å². The molecule has 3 nitrogen and oxygen atoms in total. The minimum Gasteiger partial charge on any atom is -0.495 e. The summed E-state index contributed by atoms with van der Waals surface area (Å²) in [7, 11) is 1.52. The smallest absolute Gasteiger partial charge is 0.188 e. The Kier molecular flexibility index (Phi) is 5.62. The summed E-state index contributed by atoms with van der Waals surface area (Å²) < 4.78 is 10.4. The molecule has 0 unspecified atom stereocenters. The van der Waals surface area contributed by atoms with Crippen molar-refractivity contribution in [2.24, 2.45) is 0 Å². The van der Waals surface area contributed by atoms with Gasteiger partial charge in [-0.05, 0) is 29.8 Å². The molecule has 0 aromatic heterocycles. The van der Waals surface area contributed by atoms with Gasteiger partial charge in [0.25, 0.3) is 0 Å². The summed E-state index contributed by atoms with van der Waals surface area (Å²) in [5.41, 5.74) is 1.33. The van der Waals surface area contributed by atoms with Gasteiger partial charge in [-0.1, -0.05) is 41.4 Å². The molecule has 5 heteroatoms. The average Bonchev–Trinajstić information content (AvgIpc) is 2.49. The quantitative estimate of drug-likeness (QED) is 0.739. The van der Waals surface area contributed by atoms with Gasteiger partial charge in [-0.2, -0.15) is 0 Å². The van der Waals surface area contributed by atoms with Crippen LogP contribution in [-0.4, -0.2) is 19.5 Å². The highest BCUT2D eigenvalue weighted by Crippen LogP contribution is 2.25. The fourth-order valence-electron chi connectivity index (χ4n) is 1.79. The van der Waals surface area contributed by atoms with E-state index in [1.165, 1.54) is 7.11 Å². The van der Waals surface area contributed by atoms with E-state index in [1.54, 1.807) is 24.3 Å². The molecule has 21 heavy (non-hydrogen) atoms. The average molecular weight is 325 g/mol. The van der Waals surface area contributed by atoms with Gasteiger partial charge in [0.15, 0.2) is 5.78 Å². The van der Waals surface area contributed by atoms with Crippen LogP contribution in [0.25, 0.3) is 0 Å². The third-order valence-corrected chi connectivity index (χ3v) is 3.59.